The average molecular weight is 302 g/mol. The number of hydrogen-bond donors (Lipinski definition) is 1. The summed E-state index contributed by atoms with van der Waals surface area (Å²) >= 11 is 1.58. The van der Waals surface area contributed by atoms with Gasteiger partial charge in [-0.3, -0.25) is 4.98 Å². The van der Waals surface area contributed by atoms with E-state index in [0.29, 0.717) is 0 Å². The van der Waals surface area contributed by atoms with Crippen LogP contribution in [-0.2, 0) is 6.42 Å². The van der Waals surface area contributed by atoms with Gasteiger partial charge in [-0.25, -0.2) is 0 Å². The van der Waals surface area contributed by atoms with Crippen LogP contribution in [-0.4, -0.2) is 36.9 Å². The normalized spacial score (nSPS) is 12.1. The summed E-state index contributed by atoms with van der Waals surface area (Å²) in [4.78, 5) is 4.93. The van der Waals surface area contributed by atoms with Crippen molar-refractivity contribution >= 4 is 16.3 Å². The van der Waals surface area contributed by atoms with Crippen LogP contribution in [0.15, 0.2) is 24.5 Å². The van der Waals surface area contributed by atoms with E-state index in [1.54, 1.807) is 28.2 Å². The van der Waals surface area contributed by atoms with E-state index < -0.39 is 0 Å². The highest BCUT2D eigenvalue weighted by Gasteiger charge is 2.14. The second-order valence-corrected chi connectivity index (χ2v) is 6.92. The first kappa shape index (κ1) is 14.1. The minimum absolute atomic E-state index is 0.125. The van der Waals surface area contributed by atoms with Gasteiger partial charge in [-0.15, -0.1) is 10.2 Å². The molecule has 21 heavy (non-hydrogen) atoms. The maximum Gasteiger partial charge on any atom is 0.234 e. The van der Waals surface area contributed by atoms with Crippen molar-refractivity contribution in [3.8, 4) is 11.4 Å². The minimum atomic E-state index is 0.125. The molecule has 7 heteroatoms. The van der Waals surface area contributed by atoms with Crippen LogP contribution < -0.4 is 5.32 Å². The highest BCUT2D eigenvalue weighted by molar-refractivity contribution is 7.16. The van der Waals surface area contributed by atoms with E-state index in [-0.39, 0.29) is 5.54 Å². The highest BCUT2D eigenvalue weighted by atomic mass is 32.1. The third-order valence-corrected chi connectivity index (χ3v) is 3.91. The van der Waals surface area contributed by atoms with Gasteiger partial charge in [-0.1, -0.05) is 11.3 Å². The summed E-state index contributed by atoms with van der Waals surface area (Å²) in [6.07, 6.45) is 4.40. The zero-order valence-corrected chi connectivity index (χ0v) is 13.2. The predicted molar refractivity (Wildman–Crippen MR) is 83.3 cm³/mol. The van der Waals surface area contributed by atoms with E-state index in [2.05, 4.69) is 46.4 Å². The number of pyridine rings is 1. The Kier molecular flexibility index (Phi) is 3.69. The monoisotopic (exact) mass is 302 g/mol. The highest BCUT2D eigenvalue weighted by Crippen LogP contribution is 2.20. The van der Waals surface area contributed by atoms with Crippen molar-refractivity contribution in [3.63, 3.8) is 0 Å². The molecule has 0 saturated heterocycles. The molecule has 0 spiro atoms. The number of hydrogen-bond acceptors (Lipinski definition) is 6. The second-order valence-electron chi connectivity index (χ2n) is 5.88. The fourth-order valence-electron chi connectivity index (χ4n) is 1.98. The Morgan fingerprint density at radius 3 is 2.86 bits per heavy atom. The molecule has 3 rings (SSSR count). The van der Waals surface area contributed by atoms with Crippen molar-refractivity contribution in [2.45, 2.75) is 32.7 Å². The van der Waals surface area contributed by atoms with Crippen LogP contribution in [0.1, 0.15) is 25.8 Å². The predicted octanol–water partition coefficient (Wildman–Crippen LogP) is 2.18. The zero-order valence-electron chi connectivity index (χ0n) is 12.4. The summed E-state index contributed by atoms with van der Waals surface area (Å²) in [5.74, 6) is 0.740. The van der Waals surface area contributed by atoms with Gasteiger partial charge < -0.3 is 5.32 Å². The number of aromatic nitrogens is 5. The van der Waals surface area contributed by atoms with Crippen molar-refractivity contribution in [2.24, 2.45) is 0 Å². The van der Waals surface area contributed by atoms with Crippen molar-refractivity contribution in [3.05, 3.63) is 29.5 Å². The molecule has 0 aliphatic rings. The van der Waals surface area contributed by atoms with Gasteiger partial charge in [0.05, 0.1) is 0 Å². The summed E-state index contributed by atoms with van der Waals surface area (Å²) < 4.78 is 1.80. The van der Waals surface area contributed by atoms with Crippen molar-refractivity contribution in [1.82, 2.24) is 30.1 Å². The number of fused-ring (bicyclic) bond motifs is 1. The van der Waals surface area contributed by atoms with Crippen LogP contribution in [0.25, 0.3) is 16.3 Å². The standard InChI is InChI=1S/C14H18N6S/c1-14(2,3)16-8-6-11-19-20-12(17-18-13(20)21-11)10-5-4-7-15-9-10/h4-5,7,9,16H,6,8H2,1-3H3. The molecule has 0 aliphatic carbocycles. The van der Waals surface area contributed by atoms with Crippen molar-refractivity contribution < 1.29 is 0 Å². The van der Waals surface area contributed by atoms with Crippen LogP contribution in [0.5, 0.6) is 0 Å². The lowest BCUT2D eigenvalue weighted by molar-refractivity contribution is 0.429. The van der Waals surface area contributed by atoms with Gasteiger partial charge in [0.15, 0.2) is 5.82 Å². The van der Waals surface area contributed by atoms with E-state index >= 15 is 0 Å². The minimum Gasteiger partial charge on any atom is -0.312 e. The molecular weight excluding hydrogens is 284 g/mol. The SMILES string of the molecule is CC(C)(C)NCCc1nn2c(-c3cccnc3)nnc2s1. The Bertz CT molecular complexity index is 725. The molecule has 0 unspecified atom stereocenters. The molecule has 0 aliphatic heterocycles. The molecule has 0 fully saturated rings. The molecule has 0 atom stereocenters. The average Bonchev–Trinajstić information content (AvgIpc) is 2.98. The van der Waals surface area contributed by atoms with E-state index in [1.165, 1.54) is 0 Å². The van der Waals surface area contributed by atoms with E-state index in [1.807, 2.05) is 12.1 Å². The molecule has 0 bridgehead atoms. The summed E-state index contributed by atoms with van der Waals surface area (Å²) in [7, 11) is 0. The summed E-state index contributed by atoms with van der Waals surface area (Å²) in [6, 6.07) is 3.85. The molecule has 1 N–H and O–H groups in total. The van der Waals surface area contributed by atoms with Crippen LogP contribution in [0.2, 0.25) is 0 Å². The Hall–Kier alpha value is -1.86. The quantitative estimate of drug-likeness (QED) is 0.800. The maximum absolute atomic E-state index is 4.61. The molecule has 0 amide bonds. The fourth-order valence-corrected chi connectivity index (χ4v) is 2.81. The molecule has 0 radical (unpaired) electrons. The van der Waals surface area contributed by atoms with E-state index in [0.717, 1.165) is 34.3 Å². The third kappa shape index (κ3) is 3.25. The lowest BCUT2D eigenvalue weighted by Gasteiger charge is -2.19. The van der Waals surface area contributed by atoms with Crippen LogP contribution in [0.4, 0.5) is 0 Å². The molecule has 0 aromatic carbocycles. The lowest BCUT2D eigenvalue weighted by atomic mass is 10.1. The number of nitrogens with zero attached hydrogens (tertiary/aromatic N) is 5. The smallest absolute Gasteiger partial charge is 0.234 e. The first-order valence-electron chi connectivity index (χ1n) is 6.89. The third-order valence-electron chi connectivity index (χ3n) is 2.95. The van der Waals surface area contributed by atoms with Gasteiger partial charge in [0.1, 0.15) is 5.01 Å². The number of nitrogens with one attached hydrogen (secondary N) is 1. The largest absolute Gasteiger partial charge is 0.312 e. The van der Waals surface area contributed by atoms with Gasteiger partial charge in [-0.2, -0.15) is 9.61 Å². The van der Waals surface area contributed by atoms with Crippen molar-refractivity contribution in [2.75, 3.05) is 6.54 Å². The Morgan fingerprint density at radius 2 is 2.14 bits per heavy atom. The van der Waals surface area contributed by atoms with E-state index in [9.17, 15) is 0 Å². The molecule has 3 aromatic heterocycles. The summed E-state index contributed by atoms with van der Waals surface area (Å²) in [5, 5.41) is 17.5. The van der Waals surface area contributed by atoms with Gasteiger partial charge in [0.2, 0.25) is 4.96 Å². The second kappa shape index (κ2) is 5.50. The first-order chi connectivity index (χ1) is 10.0. The Labute approximate surface area is 127 Å². The zero-order chi connectivity index (χ0) is 14.9. The molecule has 110 valence electrons. The molecule has 3 aromatic rings. The fraction of sp³-hybridized carbons (Fsp3) is 0.429. The van der Waals surface area contributed by atoms with Crippen molar-refractivity contribution in [1.29, 1.82) is 0 Å². The van der Waals surface area contributed by atoms with Crippen LogP contribution >= 0.6 is 11.3 Å². The first-order valence-corrected chi connectivity index (χ1v) is 7.71. The summed E-state index contributed by atoms with van der Waals surface area (Å²) in [6.45, 7) is 7.38. The molecule has 3 heterocycles. The van der Waals surface area contributed by atoms with Gasteiger partial charge in [0.25, 0.3) is 0 Å². The van der Waals surface area contributed by atoms with Gasteiger partial charge in [-0.05, 0) is 32.9 Å². The van der Waals surface area contributed by atoms with Gasteiger partial charge >= 0.3 is 0 Å². The molecule has 0 saturated carbocycles. The van der Waals surface area contributed by atoms with Crippen LogP contribution in [0.3, 0.4) is 0 Å². The lowest BCUT2D eigenvalue weighted by Crippen LogP contribution is -2.37. The topological polar surface area (TPSA) is 68.0 Å². The van der Waals surface area contributed by atoms with E-state index in [4.69, 9.17) is 0 Å². The molecule has 6 nitrogen and oxygen atoms in total. The Balaban J connectivity index is 1.80. The Morgan fingerprint density at radius 1 is 1.29 bits per heavy atom. The summed E-state index contributed by atoms with van der Waals surface area (Å²) in [5.41, 5.74) is 1.05. The molecular formula is C14H18N6S. The maximum atomic E-state index is 4.61. The van der Waals surface area contributed by atoms with Crippen LogP contribution in [0, 0.1) is 0 Å². The number of rotatable bonds is 4. The van der Waals surface area contributed by atoms with Gasteiger partial charge in [0, 0.05) is 36.5 Å².